The van der Waals surface area contributed by atoms with Crippen molar-refractivity contribution in [2.75, 3.05) is 14.2 Å². The summed E-state index contributed by atoms with van der Waals surface area (Å²) in [4.78, 5) is 11.9. The van der Waals surface area contributed by atoms with Crippen molar-refractivity contribution in [1.82, 2.24) is 0 Å². The van der Waals surface area contributed by atoms with E-state index in [-0.39, 0.29) is 5.69 Å². The molecule has 0 N–H and O–H groups in total. The van der Waals surface area contributed by atoms with Crippen LogP contribution in [0.15, 0.2) is 17.1 Å². The molecule has 0 heterocycles. The molecular weight excluding hydrogens is 278 g/mol. The number of nitrogens with zero attached hydrogens (tertiary/aromatic N) is 1. The zero-order chi connectivity index (χ0) is 12.1. The Hall–Kier alpha value is -1.56. The minimum atomic E-state index is -0.468. The molecule has 0 saturated carbocycles. The van der Waals surface area contributed by atoms with Gasteiger partial charge >= 0.3 is 0 Å². The van der Waals surface area contributed by atoms with Crippen LogP contribution in [0.2, 0.25) is 0 Å². The van der Waals surface area contributed by atoms with Crippen LogP contribution in [0, 0.1) is 10.1 Å². The number of halogens is 1. The van der Waals surface area contributed by atoms with Gasteiger partial charge in [0.2, 0.25) is 0 Å². The average molecular weight is 288 g/mol. The minimum Gasteiger partial charge on any atom is -0.493 e. The molecule has 0 atom stereocenters. The van der Waals surface area contributed by atoms with Crippen LogP contribution in [-0.4, -0.2) is 19.1 Å². The van der Waals surface area contributed by atoms with E-state index in [0.717, 1.165) is 0 Å². The fourth-order valence-corrected chi connectivity index (χ4v) is 1.53. The summed E-state index contributed by atoms with van der Waals surface area (Å²) in [5.41, 5.74) is 0.410. The first kappa shape index (κ1) is 12.5. The topological polar surface area (TPSA) is 61.6 Å². The fraction of sp³-hybridized carbons (Fsp3) is 0.200. The monoisotopic (exact) mass is 287 g/mol. The highest BCUT2D eigenvalue weighted by Crippen LogP contribution is 2.35. The summed E-state index contributed by atoms with van der Waals surface area (Å²) >= 11 is 3.08. The van der Waals surface area contributed by atoms with Crippen molar-refractivity contribution >= 4 is 27.7 Å². The number of ether oxygens (including phenoxy) is 2. The normalized spacial score (nSPS) is 10.4. The summed E-state index contributed by atoms with van der Waals surface area (Å²) in [5.74, 6) is 0.787. The Kier molecular flexibility index (Phi) is 4.30. The minimum absolute atomic E-state index is 0.0339. The van der Waals surface area contributed by atoms with E-state index in [1.165, 1.54) is 20.3 Å². The molecule has 0 fully saturated rings. The molecule has 0 spiro atoms. The van der Waals surface area contributed by atoms with E-state index in [1.54, 1.807) is 17.1 Å². The first-order chi connectivity index (χ1) is 7.63. The predicted octanol–water partition coefficient (Wildman–Crippen LogP) is 2.98. The molecule has 0 aliphatic carbocycles. The van der Waals surface area contributed by atoms with Crippen LogP contribution < -0.4 is 9.47 Å². The molecule has 0 aliphatic rings. The standard InChI is InChI=1S/C10H10BrNO4/c1-15-9-5-7(3-4-11)8(12(13)14)6-10(9)16-2/h3-6H,1-2H3/b4-3+. The molecule has 0 saturated heterocycles. The fourth-order valence-electron chi connectivity index (χ4n) is 1.24. The molecule has 0 aliphatic heterocycles. The highest BCUT2D eigenvalue weighted by Gasteiger charge is 2.17. The van der Waals surface area contributed by atoms with Gasteiger partial charge in [-0.2, -0.15) is 0 Å². The molecule has 6 heteroatoms. The van der Waals surface area contributed by atoms with E-state index in [0.29, 0.717) is 17.1 Å². The first-order valence-electron chi connectivity index (χ1n) is 4.31. The Morgan fingerprint density at radius 1 is 1.31 bits per heavy atom. The third kappa shape index (κ3) is 2.52. The second-order valence-electron chi connectivity index (χ2n) is 2.82. The number of nitro groups is 1. The van der Waals surface area contributed by atoms with Gasteiger partial charge < -0.3 is 9.47 Å². The van der Waals surface area contributed by atoms with Gasteiger partial charge in [-0.05, 0) is 17.1 Å². The molecule has 0 amide bonds. The van der Waals surface area contributed by atoms with E-state index in [4.69, 9.17) is 9.47 Å². The van der Waals surface area contributed by atoms with Gasteiger partial charge in [-0.15, -0.1) is 0 Å². The number of hydrogen-bond donors (Lipinski definition) is 0. The van der Waals surface area contributed by atoms with E-state index in [1.807, 2.05) is 0 Å². The van der Waals surface area contributed by atoms with Crippen LogP contribution in [0.4, 0.5) is 5.69 Å². The van der Waals surface area contributed by atoms with Crippen molar-refractivity contribution in [2.24, 2.45) is 0 Å². The van der Waals surface area contributed by atoms with Crippen molar-refractivity contribution in [3.05, 3.63) is 32.8 Å². The van der Waals surface area contributed by atoms with Crippen molar-refractivity contribution in [3.63, 3.8) is 0 Å². The van der Waals surface area contributed by atoms with Crippen molar-refractivity contribution in [3.8, 4) is 11.5 Å². The van der Waals surface area contributed by atoms with Crippen LogP contribution in [0.5, 0.6) is 11.5 Å². The lowest BCUT2D eigenvalue weighted by molar-refractivity contribution is -0.385. The number of rotatable bonds is 4. The Bertz CT molecular complexity index is 431. The predicted molar refractivity (Wildman–Crippen MR) is 64.2 cm³/mol. The number of benzene rings is 1. The number of nitro benzene ring substituents is 1. The first-order valence-corrected chi connectivity index (χ1v) is 5.22. The van der Waals surface area contributed by atoms with Gasteiger partial charge in [-0.3, -0.25) is 10.1 Å². The molecule has 1 aromatic carbocycles. The Labute approximate surface area is 101 Å². The summed E-state index contributed by atoms with van der Waals surface area (Å²) < 4.78 is 10.1. The summed E-state index contributed by atoms with van der Waals surface area (Å²) in [5, 5.41) is 10.8. The molecular formula is C10H10BrNO4. The van der Waals surface area contributed by atoms with Gasteiger partial charge in [0.1, 0.15) is 0 Å². The lowest BCUT2D eigenvalue weighted by atomic mass is 10.1. The summed E-state index contributed by atoms with van der Waals surface area (Å²) in [6.07, 6.45) is 1.57. The van der Waals surface area contributed by atoms with Gasteiger partial charge in [-0.1, -0.05) is 15.9 Å². The maximum atomic E-state index is 10.8. The van der Waals surface area contributed by atoms with E-state index < -0.39 is 4.92 Å². The maximum Gasteiger partial charge on any atom is 0.280 e. The summed E-state index contributed by atoms with van der Waals surface area (Å²) in [6.45, 7) is 0. The molecule has 1 aromatic rings. The Morgan fingerprint density at radius 3 is 2.31 bits per heavy atom. The Morgan fingerprint density at radius 2 is 1.88 bits per heavy atom. The third-order valence-corrected chi connectivity index (χ3v) is 2.24. The van der Waals surface area contributed by atoms with Crippen molar-refractivity contribution in [2.45, 2.75) is 0 Å². The third-order valence-electron chi connectivity index (χ3n) is 1.97. The van der Waals surface area contributed by atoms with E-state index >= 15 is 0 Å². The van der Waals surface area contributed by atoms with Gasteiger partial charge in [0.05, 0.1) is 30.8 Å². The molecule has 0 bridgehead atoms. The van der Waals surface area contributed by atoms with E-state index in [2.05, 4.69) is 15.9 Å². The van der Waals surface area contributed by atoms with Gasteiger partial charge in [-0.25, -0.2) is 0 Å². The molecule has 0 unspecified atom stereocenters. The summed E-state index contributed by atoms with van der Waals surface area (Å²) in [7, 11) is 2.91. The molecule has 5 nitrogen and oxygen atoms in total. The SMILES string of the molecule is COc1cc(/C=C/Br)c([N+](=O)[O-])cc1OC. The maximum absolute atomic E-state index is 10.8. The van der Waals surface area contributed by atoms with Crippen LogP contribution in [0.3, 0.4) is 0 Å². The van der Waals surface area contributed by atoms with Crippen LogP contribution in [0.1, 0.15) is 5.56 Å². The van der Waals surface area contributed by atoms with Gasteiger partial charge in [0.25, 0.3) is 5.69 Å². The Balaban J connectivity index is 3.41. The second-order valence-corrected chi connectivity index (χ2v) is 3.34. The molecule has 0 radical (unpaired) electrons. The smallest absolute Gasteiger partial charge is 0.280 e. The van der Waals surface area contributed by atoms with Gasteiger partial charge in [0, 0.05) is 0 Å². The van der Waals surface area contributed by atoms with Crippen LogP contribution in [0.25, 0.3) is 6.08 Å². The van der Waals surface area contributed by atoms with Gasteiger partial charge in [0.15, 0.2) is 11.5 Å². The molecule has 0 aromatic heterocycles. The summed E-state index contributed by atoms with van der Waals surface area (Å²) in [6, 6.07) is 2.88. The largest absolute Gasteiger partial charge is 0.493 e. The number of hydrogen-bond acceptors (Lipinski definition) is 4. The highest BCUT2D eigenvalue weighted by molar-refractivity contribution is 9.11. The average Bonchev–Trinajstić information content (AvgIpc) is 2.28. The van der Waals surface area contributed by atoms with Crippen molar-refractivity contribution < 1.29 is 14.4 Å². The van der Waals surface area contributed by atoms with Crippen molar-refractivity contribution in [1.29, 1.82) is 0 Å². The highest BCUT2D eigenvalue weighted by atomic mass is 79.9. The lowest BCUT2D eigenvalue weighted by Gasteiger charge is -2.08. The zero-order valence-corrected chi connectivity index (χ0v) is 10.4. The second kappa shape index (κ2) is 5.50. The quantitative estimate of drug-likeness (QED) is 0.631. The number of methoxy groups -OCH3 is 2. The molecule has 86 valence electrons. The van der Waals surface area contributed by atoms with E-state index in [9.17, 15) is 10.1 Å². The molecule has 16 heavy (non-hydrogen) atoms. The lowest BCUT2D eigenvalue weighted by Crippen LogP contribution is -1.96. The zero-order valence-electron chi connectivity index (χ0n) is 8.77. The molecule has 1 rings (SSSR count). The van der Waals surface area contributed by atoms with Crippen LogP contribution in [-0.2, 0) is 0 Å². The van der Waals surface area contributed by atoms with Crippen LogP contribution >= 0.6 is 15.9 Å².